The predicted octanol–water partition coefficient (Wildman–Crippen LogP) is 5.38. The summed E-state index contributed by atoms with van der Waals surface area (Å²) in [5, 5.41) is 4.35. The summed E-state index contributed by atoms with van der Waals surface area (Å²) in [6, 6.07) is 11.6. The van der Waals surface area contributed by atoms with Crippen molar-refractivity contribution >= 4 is 46.6 Å². The Morgan fingerprint density at radius 1 is 0.966 bits per heavy atom. The summed E-state index contributed by atoms with van der Waals surface area (Å²) >= 11 is 18.5. The third-order valence-electron chi connectivity index (χ3n) is 4.51. The number of amides is 2. The summed E-state index contributed by atoms with van der Waals surface area (Å²) in [6.45, 7) is 6.51. The Morgan fingerprint density at radius 3 is 2.28 bits per heavy atom. The lowest BCUT2D eigenvalue weighted by Gasteiger charge is -2.29. The molecule has 0 unspecified atom stereocenters. The van der Waals surface area contributed by atoms with Crippen molar-refractivity contribution in [3.8, 4) is 0 Å². The second-order valence-corrected chi connectivity index (χ2v) is 8.59. The van der Waals surface area contributed by atoms with Crippen molar-refractivity contribution in [3.63, 3.8) is 0 Å². The molecule has 2 aromatic carbocycles. The third-order valence-corrected chi connectivity index (χ3v) is 5.46. The molecule has 0 aromatic heterocycles. The molecule has 29 heavy (non-hydrogen) atoms. The molecule has 0 saturated heterocycles. The first-order chi connectivity index (χ1) is 13.7. The molecule has 0 fully saturated rings. The average molecular weight is 456 g/mol. The van der Waals surface area contributed by atoms with Crippen LogP contribution in [-0.2, 0) is 22.6 Å². The Morgan fingerprint density at radius 2 is 1.66 bits per heavy atom. The van der Waals surface area contributed by atoms with Gasteiger partial charge in [-0.3, -0.25) is 9.59 Å². The summed E-state index contributed by atoms with van der Waals surface area (Å²) in [5.41, 5.74) is 1.42. The van der Waals surface area contributed by atoms with Gasteiger partial charge >= 0.3 is 0 Å². The maximum absolute atomic E-state index is 13.2. The molecule has 4 nitrogen and oxygen atoms in total. The molecule has 156 valence electrons. The van der Waals surface area contributed by atoms with Crippen LogP contribution in [0.25, 0.3) is 0 Å². The van der Waals surface area contributed by atoms with Crippen LogP contribution in [0.3, 0.4) is 0 Å². The molecular formula is C22H25Cl3N2O2. The van der Waals surface area contributed by atoms with E-state index in [9.17, 15) is 9.59 Å². The van der Waals surface area contributed by atoms with E-state index in [1.807, 2.05) is 32.0 Å². The molecule has 2 amide bonds. The highest BCUT2D eigenvalue weighted by atomic mass is 35.5. The van der Waals surface area contributed by atoms with Crippen LogP contribution >= 0.6 is 34.8 Å². The quantitative estimate of drug-likeness (QED) is 0.581. The highest BCUT2D eigenvalue weighted by molar-refractivity contribution is 6.35. The van der Waals surface area contributed by atoms with Gasteiger partial charge in [-0.15, -0.1) is 0 Å². The minimum atomic E-state index is -0.663. The van der Waals surface area contributed by atoms with Crippen LogP contribution < -0.4 is 5.32 Å². The van der Waals surface area contributed by atoms with Gasteiger partial charge in [-0.2, -0.15) is 0 Å². The zero-order chi connectivity index (χ0) is 21.6. The molecule has 0 aliphatic carbocycles. The monoisotopic (exact) mass is 454 g/mol. The molecule has 0 aliphatic rings. The summed E-state index contributed by atoms with van der Waals surface area (Å²) in [7, 11) is 0. The van der Waals surface area contributed by atoms with E-state index >= 15 is 0 Å². The summed E-state index contributed by atoms with van der Waals surface area (Å²) in [5.74, 6) is -0.116. The van der Waals surface area contributed by atoms with Crippen LogP contribution in [-0.4, -0.2) is 29.3 Å². The fraction of sp³-hybridized carbons (Fsp3) is 0.364. The number of hydrogen-bond donors (Lipinski definition) is 1. The minimum Gasteiger partial charge on any atom is -0.354 e. The SMILES string of the molecule is CC(C)CNC(=O)[C@H](C)N(Cc1ccccc1Cl)C(=O)Cc1ccc(Cl)cc1Cl. The van der Waals surface area contributed by atoms with Crippen molar-refractivity contribution in [3.05, 3.63) is 68.7 Å². The van der Waals surface area contributed by atoms with Gasteiger partial charge in [0.05, 0.1) is 6.42 Å². The fourth-order valence-electron chi connectivity index (χ4n) is 2.77. The molecule has 0 heterocycles. The third kappa shape index (κ3) is 6.91. The normalized spacial score (nSPS) is 12.0. The van der Waals surface area contributed by atoms with E-state index < -0.39 is 6.04 Å². The molecule has 0 radical (unpaired) electrons. The van der Waals surface area contributed by atoms with Crippen molar-refractivity contribution in [1.29, 1.82) is 0 Å². The number of halogens is 3. The van der Waals surface area contributed by atoms with Crippen LogP contribution in [0.1, 0.15) is 31.9 Å². The van der Waals surface area contributed by atoms with Crippen molar-refractivity contribution in [2.45, 2.75) is 39.8 Å². The van der Waals surface area contributed by atoms with E-state index in [1.165, 1.54) is 4.90 Å². The molecule has 1 atom stereocenters. The zero-order valence-corrected chi connectivity index (χ0v) is 19.0. The van der Waals surface area contributed by atoms with Crippen molar-refractivity contribution in [2.24, 2.45) is 5.92 Å². The van der Waals surface area contributed by atoms with E-state index in [0.717, 1.165) is 5.56 Å². The Kier molecular flexibility index (Phi) is 8.81. The Bertz CT molecular complexity index is 871. The van der Waals surface area contributed by atoms with Crippen molar-refractivity contribution in [2.75, 3.05) is 6.54 Å². The van der Waals surface area contributed by atoms with Gasteiger partial charge < -0.3 is 10.2 Å². The number of nitrogens with zero attached hydrogens (tertiary/aromatic N) is 1. The lowest BCUT2D eigenvalue weighted by atomic mass is 10.1. The average Bonchev–Trinajstić information content (AvgIpc) is 2.67. The van der Waals surface area contributed by atoms with Gasteiger partial charge in [-0.1, -0.05) is 72.9 Å². The van der Waals surface area contributed by atoms with E-state index in [2.05, 4.69) is 5.32 Å². The maximum atomic E-state index is 13.2. The number of hydrogen-bond acceptors (Lipinski definition) is 2. The molecule has 2 rings (SSSR count). The number of benzene rings is 2. The van der Waals surface area contributed by atoms with E-state index in [1.54, 1.807) is 31.2 Å². The van der Waals surface area contributed by atoms with Gasteiger partial charge in [-0.05, 0) is 42.2 Å². The molecule has 7 heteroatoms. The molecule has 0 bridgehead atoms. The smallest absolute Gasteiger partial charge is 0.242 e. The van der Waals surface area contributed by atoms with Gasteiger partial charge in [0.1, 0.15) is 6.04 Å². The number of nitrogens with one attached hydrogen (secondary N) is 1. The molecule has 2 aromatic rings. The first kappa shape index (κ1) is 23.5. The van der Waals surface area contributed by atoms with Crippen molar-refractivity contribution in [1.82, 2.24) is 10.2 Å². The Balaban J connectivity index is 2.26. The second-order valence-electron chi connectivity index (χ2n) is 7.34. The minimum absolute atomic E-state index is 0.0578. The lowest BCUT2D eigenvalue weighted by molar-refractivity contribution is -0.140. The first-order valence-electron chi connectivity index (χ1n) is 9.43. The maximum Gasteiger partial charge on any atom is 0.242 e. The fourth-order valence-corrected chi connectivity index (χ4v) is 3.45. The lowest BCUT2D eigenvalue weighted by Crippen LogP contribution is -2.48. The second kappa shape index (κ2) is 10.9. The topological polar surface area (TPSA) is 49.4 Å². The molecule has 0 aliphatic heterocycles. The Labute approximate surface area is 187 Å². The summed E-state index contributed by atoms with van der Waals surface area (Å²) in [6.07, 6.45) is 0.0578. The van der Waals surface area contributed by atoms with Gasteiger partial charge in [-0.25, -0.2) is 0 Å². The molecular weight excluding hydrogens is 431 g/mol. The Hall–Kier alpha value is -1.75. The van der Waals surface area contributed by atoms with Crippen molar-refractivity contribution < 1.29 is 9.59 Å². The number of carbonyl (C=O) groups excluding carboxylic acids is 2. The first-order valence-corrected chi connectivity index (χ1v) is 10.6. The molecule has 0 spiro atoms. The van der Waals surface area contributed by atoms with E-state index in [0.29, 0.717) is 33.1 Å². The molecule has 1 N–H and O–H groups in total. The van der Waals surface area contributed by atoms with Gasteiger partial charge in [0, 0.05) is 28.2 Å². The van der Waals surface area contributed by atoms with Crippen LogP contribution in [0, 0.1) is 5.92 Å². The van der Waals surface area contributed by atoms with Gasteiger partial charge in [0.25, 0.3) is 0 Å². The predicted molar refractivity (Wildman–Crippen MR) is 119 cm³/mol. The van der Waals surface area contributed by atoms with Crippen LogP contribution in [0.2, 0.25) is 15.1 Å². The summed E-state index contributed by atoms with van der Waals surface area (Å²) in [4.78, 5) is 27.3. The number of rotatable bonds is 8. The molecule has 0 saturated carbocycles. The highest BCUT2D eigenvalue weighted by Gasteiger charge is 2.27. The largest absolute Gasteiger partial charge is 0.354 e. The van der Waals surface area contributed by atoms with Gasteiger partial charge in [0.2, 0.25) is 11.8 Å². The van der Waals surface area contributed by atoms with Crippen LogP contribution in [0.4, 0.5) is 0 Å². The highest BCUT2D eigenvalue weighted by Crippen LogP contribution is 2.24. The number of carbonyl (C=O) groups is 2. The van der Waals surface area contributed by atoms with E-state index in [-0.39, 0.29) is 24.8 Å². The van der Waals surface area contributed by atoms with E-state index in [4.69, 9.17) is 34.8 Å². The summed E-state index contributed by atoms with van der Waals surface area (Å²) < 4.78 is 0. The standard InChI is InChI=1S/C22H25Cl3N2O2/c1-14(2)12-26-22(29)15(3)27(13-17-6-4-5-7-19(17)24)21(28)10-16-8-9-18(23)11-20(16)25/h4-9,11,14-15H,10,12-13H2,1-3H3,(H,26,29)/t15-/m0/s1. The van der Waals surface area contributed by atoms with Crippen LogP contribution in [0.5, 0.6) is 0 Å². The van der Waals surface area contributed by atoms with Gasteiger partial charge in [0.15, 0.2) is 0 Å². The van der Waals surface area contributed by atoms with Crippen LogP contribution in [0.15, 0.2) is 42.5 Å². The zero-order valence-electron chi connectivity index (χ0n) is 16.7.